The molecule has 2 rings (SSSR count). The second-order valence-corrected chi connectivity index (χ2v) is 4.58. The summed E-state index contributed by atoms with van der Waals surface area (Å²) in [7, 11) is 0. The van der Waals surface area contributed by atoms with Crippen LogP contribution < -0.4 is 4.74 Å². The van der Waals surface area contributed by atoms with Crippen LogP contribution in [0.4, 0.5) is 8.78 Å². The lowest BCUT2D eigenvalue weighted by atomic mass is 10.1. The van der Waals surface area contributed by atoms with E-state index in [1.54, 1.807) is 0 Å². The van der Waals surface area contributed by atoms with Crippen molar-refractivity contribution in [3.63, 3.8) is 0 Å². The molecular weight excluding hydrogens is 260 g/mol. The number of rotatable bonds is 6. The van der Waals surface area contributed by atoms with E-state index in [-0.39, 0.29) is 0 Å². The molecule has 0 N–H and O–H groups in total. The molecule has 1 aromatic carbocycles. The third kappa shape index (κ3) is 3.76. The second kappa shape index (κ2) is 6.98. The molecule has 0 bridgehead atoms. The predicted octanol–water partition coefficient (Wildman–Crippen LogP) is 4.60. The van der Waals surface area contributed by atoms with Gasteiger partial charge >= 0.3 is 0 Å². The highest BCUT2D eigenvalue weighted by Gasteiger charge is 2.06. The number of hydrogen-bond donors (Lipinski definition) is 0. The average Bonchev–Trinajstić information content (AvgIpc) is 2.47. The van der Waals surface area contributed by atoms with E-state index in [0.717, 1.165) is 36.6 Å². The smallest absolute Gasteiger partial charge is 0.248 e. The molecule has 0 atom stereocenters. The fraction of sp³-hybridized carbons (Fsp3) is 0.312. The summed E-state index contributed by atoms with van der Waals surface area (Å²) in [5.74, 6) is -1.24. The van der Waals surface area contributed by atoms with Crippen LogP contribution >= 0.6 is 0 Å². The first-order valence-corrected chi connectivity index (χ1v) is 6.75. The summed E-state index contributed by atoms with van der Waals surface area (Å²) in [6.45, 7) is 2.84. The van der Waals surface area contributed by atoms with Crippen LogP contribution in [0.25, 0.3) is 11.1 Å². The maximum Gasteiger partial charge on any atom is 0.248 e. The zero-order chi connectivity index (χ0) is 14.4. The SMILES string of the molecule is CCCCCOc1ccc(-c2cnc(F)c(F)c2)cc1. The first-order chi connectivity index (χ1) is 9.70. The molecule has 2 aromatic rings. The van der Waals surface area contributed by atoms with Crippen molar-refractivity contribution in [3.8, 4) is 16.9 Å². The van der Waals surface area contributed by atoms with Crippen LogP contribution in [0.5, 0.6) is 5.75 Å². The molecule has 4 heteroatoms. The summed E-state index contributed by atoms with van der Waals surface area (Å²) < 4.78 is 31.5. The van der Waals surface area contributed by atoms with Crippen LogP contribution in [-0.4, -0.2) is 11.6 Å². The number of aromatic nitrogens is 1. The number of benzene rings is 1. The van der Waals surface area contributed by atoms with Crippen LogP contribution in [0.2, 0.25) is 0 Å². The van der Waals surface area contributed by atoms with Gasteiger partial charge in [0.25, 0.3) is 0 Å². The summed E-state index contributed by atoms with van der Waals surface area (Å²) in [6.07, 6.45) is 4.66. The van der Waals surface area contributed by atoms with Crippen LogP contribution in [0.3, 0.4) is 0 Å². The van der Waals surface area contributed by atoms with Gasteiger partial charge in [-0.1, -0.05) is 31.9 Å². The monoisotopic (exact) mass is 277 g/mol. The van der Waals surface area contributed by atoms with Gasteiger partial charge in [0.15, 0.2) is 5.82 Å². The fourth-order valence-electron chi connectivity index (χ4n) is 1.86. The average molecular weight is 277 g/mol. The molecule has 1 heterocycles. The Balaban J connectivity index is 2.02. The summed E-state index contributed by atoms with van der Waals surface area (Å²) in [4.78, 5) is 3.37. The summed E-state index contributed by atoms with van der Waals surface area (Å²) in [6, 6.07) is 8.40. The van der Waals surface area contributed by atoms with Crippen LogP contribution in [-0.2, 0) is 0 Å². The molecule has 2 nitrogen and oxygen atoms in total. The topological polar surface area (TPSA) is 22.1 Å². The maximum atomic E-state index is 13.1. The van der Waals surface area contributed by atoms with Gasteiger partial charge in [-0.05, 0) is 30.2 Å². The first-order valence-electron chi connectivity index (χ1n) is 6.75. The predicted molar refractivity (Wildman–Crippen MR) is 74.6 cm³/mol. The molecule has 106 valence electrons. The van der Waals surface area contributed by atoms with Crippen molar-refractivity contribution in [3.05, 3.63) is 48.3 Å². The van der Waals surface area contributed by atoms with E-state index in [1.165, 1.54) is 6.20 Å². The number of pyridine rings is 1. The van der Waals surface area contributed by atoms with Gasteiger partial charge in [-0.3, -0.25) is 0 Å². The van der Waals surface area contributed by atoms with Crippen LogP contribution in [0.15, 0.2) is 36.5 Å². The molecule has 0 fully saturated rings. The number of hydrogen-bond acceptors (Lipinski definition) is 2. The van der Waals surface area contributed by atoms with Crippen molar-refractivity contribution >= 4 is 0 Å². The first kappa shape index (κ1) is 14.4. The zero-order valence-corrected chi connectivity index (χ0v) is 11.4. The molecule has 1 aromatic heterocycles. The van der Waals surface area contributed by atoms with Crippen molar-refractivity contribution in [2.24, 2.45) is 0 Å². The van der Waals surface area contributed by atoms with Gasteiger partial charge in [0.05, 0.1) is 6.61 Å². The van der Waals surface area contributed by atoms with Gasteiger partial charge in [-0.15, -0.1) is 0 Å². The van der Waals surface area contributed by atoms with Crippen LogP contribution in [0, 0.1) is 11.8 Å². The number of halogens is 2. The van der Waals surface area contributed by atoms with Gasteiger partial charge in [0, 0.05) is 11.8 Å². The minimum atomic E-state index is -1.08. The largest absolute Gasteiger partial charge is 0.494 e. The van der Waals surface area contributed by atoms with Gasteiger partial charge in [-0.2, -0.15) is 4.39 Å². The van der Waals surface area contributed by atoms with E-state index in [4.69, 9.17) is 4.74 Å². The van der Waals surface area contributed by atoms with Crippen molar-refractivity contribution < 1.29 is 13.5 Å². The van der Waals surface area contributed by atoms with Gasteiger partial charge in [0.2, 0.25) is 5.95 Å². The Morgan fingerprint density at radius 3 is 2.45 bits per heavy atom. The lowest BCUT2D eigenvalue weighted by Gasteiger charge is -2.07. The molecule has 0 spiro atoms. The second-order valence-electron chi connectivity index (χ2n) is 4.58. The highest BCUT2D eigenvalue weighted by atomic mass is 19.2. The minimum Gasteiger partial charge on any atom is -0.494 e. The summed E-state index contributed by atoms with van der Waals surface area (Å²) in [5, 5.41) is 0. The Hall–Kier alpha value is -1.97. The molecule has 0 saturated heterocycles. The highest BCUT2D eigenvalue weighted by molar-refractivity contribution is 5.63. The Kier molecular flexibility index (Phi) is 5.04. The standard InChI is InChI=1S/C16H17F2NO/c1-2-3-4-9-20-14-7-5-12(6-8-14)13-10-15(17)16(18)19-11-13/h5-8,10-11H,2-4,9H2,1H3. The molecule has 0 radical (unpaired) electrons. The quantitative estimate of drug-likeness (QED) is 0.569. The molecule has 0 aliphatic rings. The Morgan fingerprint density at radius 2 is 1.80 bits per heavy atom. The summed E-state index contributed by atoms with van der Waals surface area (Å²) >= 11 is 0. The Labute approximate surface area is 117 Å². The molecular formula is C16H17F2NO. The molecule has 0 saturated carbocycles. The Morgan fingerprint density at radius 1 is 1.05 bits per heavy atom. The van der Waals surface area contributed by atoms with Gasteiger partial charge in [0.1, 0.15) is 5.75 Å². The number of unbranched alkanes of at least 4 members (excludes halogenated alkanes) is 2. The fourth-order valence-corrected chi connectivity index (χ4v) is 1.86. The Bertz CT molecular complexity index is 555. The van der Waals surface area contributed by atoms with Crippen molar-refractivity contribution in [1.82, 2.24) is 4.98 Å². The third-order valence-corrected chi connectivity index (χ3v) is 3.00. The number of ether oxygens (including phenoxy) is 1. The highest BCUT2D eigenvalue weighted by Crippen LogP contribution is 2.23. The van der Waals surface area contributed by atoms with E-state index in [1.807, 2.05) is 24.3 Å². The normalized spacial score (nSPS) is 10.6. The molecule has 0 unspecified atom stereocenters. The van der Waals surface area contributed by atoms with E-state index in [9.17, 15) is 8.78 Å². The van der Waals surface area contributed by atoms with Crippen LogP contribution in [0.1, 0.15) is 26.2 Å². The molecule has 0 amide bonds. The molecule has 20 heavy (non-hydrogen) atoms. The van der Waals surface area contributed by atoms with E-state index < -0.39 is 11.8 Å². The van der Waals surface area contributed by atoms with Crippen molar-refractivity contribution in [1.29, 1.82) is 0 Å². The maximum absolute atomic E-state index is 13.1. The lowest BCUT2D eigenvalue weighted by Crippen LogP contribution is -1.96. The lowest BCUT2D eigenvalue weighted by molar-refractivity contribution is 0.306. The van der Waals surface area contributed by atoms with E-state index in [0.29, 0.717) is 12.2 Å². The van der Waals surface area contributed by atoms with Crippen molar-refractivity contribution in [2.75, 3.05) is 6.61 Å². The van der Waals surface area contributed by atoms with E-state index in [2.05, 4.69) is 11.9 Å². The zero-order valence-electron chi connectivity index (χ0n) is 11.4. The minimum absolute atomic E-state index is 0.543. The van der Waals surface area contributed by atoms with E-state index >= 15 is 0 Å². The van der Waals surface area contributed by atoms with Crippen molar-refractivity contribution in [2.45, 2.75) is 26.2 Å². The molecule has 0 aliphatic carbocycles. The number of nitrogens with zero attached hydrogens (tertiary/aromatic N) is 1. The molecule has 0 aliphatic heterocycles. The summed E-state index contributed by atoms with van der Waals surface area (Å²) in [5.41, 5.74) is 1.32. The third-order valence-electron chi connectivity index (χ3n) is 3.00. The van der Waals surface area contributed by atoms with Gasteiger partial charge < -0.3 is 4.74 Å². The van der Waals surface area contributed by atoms with Gasteiger partial charge in [-0.25, -0.2) is 9.37 Å².